The number of carbonyl (C=O) groups is 2. The summed E-state index contributed by atoms with van der Waals surface area (Å²) in [5.74, 6) is 0.129. The SMILES string of the molecule is NC(=O)c1ccccc1NC(=O)CCC1CCCC1. The molecule has 0 aliphatic heterocycles. The number of rotatable bonds is 5. The summed E-state index contributed by atoms with van der Waals surface area (Å²) in [7, 11) is 0. The molecule has 0 atom stereocenters. The second kappa shape index (κ2) is 6.36. The van der Waals surface area contributed by atoms with Gasteiger partial charge in [0.2, 0.25) is 5.91 Å². The molecular formula is C15H20N2O2. The Hall–Kier alpha value is -1.84. The Morgan fingerprint density at radius 2 is 1.89 bits per heavy atom. The van der Waals surface area contributed by atoms with Crippen molar-refractivity contribution in [2.45, 2.75) is 38.5 Å². The first kappa shape index (κ1) is 13.6. The van der Waals surface area contributed by atoms with Crippen LogP contribution in [0.3, 0.4) is 0 Å². The van der Waals surface area contributed by atoms with E-state index in [0.717, 1.165) is 6.42 Å². The molecule has 2 amide bonds. The highest BCUT2D eigenvalue weighted by atomic mass is 16.2. The molecule has 1 aromatic carbocycles. The second-order valence-electron chi connectivity index (χ2n) is 5.15. The maximum Gasteiger partial charge on any atom is 0.250 e. The lowest BCUT2D eigenvalue weighted by molar-refractivity contribution is -0.116. The van der Waals surface area contributed by atoms with Crippen LogP contribution in [-0.4, -0.2) is 11.8 Å². The average molecular weight is 260 g/mol. The largest absolute Gasteiger partial charge is 0.366 e. The highest BCUT2D eigenvalue weighted by molar-refractivity contribution is 6.02. The Kier molecular flexibility index (Phi) is 4.55. The van der Waals surface area contributed by atoms with Crippen molar-refractivity contribution in [1.82, 2.24) is 0 Å². The van der Waals surface area contributed by atoms with E-state index in [0.29, 0.717) is 23.6 Å². The summed E-state index contributed by atoms with van der Waals surface area (Å²) in [5.41, 5.74) is 6.14. The molecule has 3 N–H and O–H groups in total. The van der Waals surface area contributed by atoms with Crippen molar-refractivity contribution in [2.24, 2.45) is 11.7 Å². The van der Waals surface area contributed by atoms with Crippen LogP contribution in [-0.2, 0) is 4.79 Å². The molecule has 102 valence electrons. The first-order valence-electron chi connectivity index (χ1n) is 6.85. The topological polar surface area (TPSA) is 72.2 Å². The molecule has 0 unspecified atom stereocenters. The second-order valence-corrected chi connectivity index (χ2v) is 5.15. The fraction of sp³-hybridized carbons (Fsp3) is 0.467. The Morgan fingerprint density at radius 1 is 1.21 bits per heavy atom. The predicted molar refractivity (Wildman–Crippen MR) is 74.8 cm³/mol. The van der Waals surface area contributed by atoms with Gasteiger partial charge in [-0.1, -0.05) is 37.8 Å². The standard InChI is InChI=1S/C15H20N2O2/c16-15(19)12-7-3-4-8-13(12)17-14(18)10-9-11-5-1-2-6-11/h3-4,7-8,11H,1-2,5-6,9-10H2,(H2,16,19)(H,17,18). The van der Waals surface area contributed by atoms with Crippen LogP contribution < -0.4 is 11.1 Å². The highest BCUT2D eigenvalue weighted by Gasteiger charge is 2.17. The van der Waals surface area contributed by atoms with Gasteiger partial charge in [0.1, 0.15) is 0 Å². The molecular weight excluding hydrogens is 240 g/mol. The van der Waals surface area contributed by atoms with Gasteiger partial charge in [-0.2, -0.15) is 0 Å². The Labute approximate surface area is 113 Å². The van der Waals surface area contributed by atoms with E-state index in [2.05, 4.69) is 5.32 Å². The molecule has 1 fully saturated rings. The molecule has 4 nitrogen and oxygen atoms in total. The molecule has 4 heteroatoms. The molecule has 1 aromatic rings. The number of anilines is 1. The lowest BCUT2D eigenvalue weighted by atomic mass is 10.0. The molecule has 1 aliphatic rings. The van der Waals surface area contributed by atoms with Gasteiger partial charge in [-0.15, -0.1) is 0 Å². The maximum absolute atomic E-state index is 11.9. The molecule has 1 aliphatic carbocycles. The predicted octanol–water partition coefficient (Wildman–Crippen LogP) is 2.69. The number of amides is 2. The van der Waals surface area contributed by atoms with E-state index in [4.69, 9.17) is 5.73 Å². The van der Waals surface area contributed by atoms with Crippen LogP contribution in [0.15, 0.2) is 24.3 Å². The first-order valence-corrected chi connectivity index (χ1v) is 6.85. The number of carbonyl (C=O) groups excluding carboxylic acids is 2. The zero-order valence-corrected chi connectivity index (χ0v) is 11.0. The van der Waals surface area contributed by atoms with E-state index in [1.165, 1.54) is 25.7 Å². The van der Waals surface area contributed by atoms with Crippen LogP contribution in [0.4, 0.5) is 5.69 Å². The minimum Gasteiger partial charge on any atom is -0.366 e. The summed E-state index contributed by atoms with van der Waals surface area (Å²) in [4.78, 5) is 23.1. The van der Waals surface area contributed by atoms with Crippen LogP contribution in [0.5, 0.6) is 0 Å². The monoisotopic (exact) mass is 260 g/mol. The van der Waals surface area contributed by atoms with Crippen molar-refractivity contribution in [3.63, 3.8) is 0 Å². The zero-order valence-electron chi connectivity index (χ0n) is 11.0. The Bertz CT molecular complexity index is 465. The number of benzene rings is 1. The fourth-order valence-corrected chi connectivity index (χ4v) is 2.65. The number of hydrogen-bond acceptors (Lipinski definition) is 2. The maximum atomic E-state index is 11.9. The third-order valence-corrected chi connectivity index (χ3v) is 3.72. The summed E-state index contributed by atoms with van der Waals surface area (Å²) in [6.07, 6.45) is 6.51. The van der Waals surface area contributed by atoms with Gasteiger partial charge >= 0.3 is 0 Å². The van der Waals surface area contributed by atoms with Crippen molar-refractivity contribution < 1.29 is 9.59 Å². The van der Waals surface area contributed by atoms with E-state index in [1.807, 2.05) is 0 Å². The van der Waals surface area contributed by atoms with E-state index >= 15 is 0 Å². The summed E-state index contributed by atoms with van der Waals surface area (Å²) >= 11 is 0. The molecule has 0 spiro atoms. The van der Waals surface area contributed by atoms with Gasteiger partial charge in [-0.25, -0.2) is 0 Å². The molecule has 0 saturated heterocycles. The average Bonchev–Trinajstić information content (AvgIpc) is 2.90. The van der Waals surface area contributed by atoms with Gasteiger partial charge in [0.05, 0.1) is 11.3 Å². The van der Waals surface area contributed by atoms with Gasteiger partial charge < -0.3 is 11.1 Å². The molecule has 19 heavy (non-hydrogen) atoms. The van der Waals surface area contributed by atoms with Gasteiger partial charge in [0.15, 0.2) is 0 Å². The number of hydrogen-bond donors (Lipinski definition) is 2. The quantitative estimate of drug-likeness (QED) is 0.854. The van der Waals surface area contributed by atoms with Crippen LogP contribution in [0.2, 0.25) is 0 Å². The van der Waals surface area contributed by atoms with E-state index in [-0.39, 0.29) is 5.91 Å². The van der Waals surface area contributed by atoms with E-state index in [1.54, 1.807) is 24.3 Å². The first-order chi connectivity index (χ1) is 9.16. The van der Waals surface area contributed by atoms with E-state index in [9.17, 15) is 9.59 Å². The summed E-state index contributed by atoms with van der Waals surface area (Å²) in [6, 6.07) is 6.83. The van der Waals surface area contributed by atoms with Crippen molar-refractivity contribution in [3.05, 3.63) is 29.8 Å². The third-order valence-electron chi connectivity index (χ3n) is 3.72. The fourth-order valence-electron chi connectivity index (χ4n) is 2.65. The van der Waals surface area contributed by atoms with Crippen LogP contribution in [0, 0.1) is 5.92 Å². The Balaban J connectivity index is 1.89. The van der Waals surface area contributed by atoms with Gasteiger partial charge in [0, 0.05) is 6.42 Å². The minimum absolute atomic E-state index is 0.0411. The van der Waals surface area contributed by atoms with Crippen molar-refractivity contribution in [3.8, 4) is 0 Å². The summed E-state index contributed by atoms with van der Waals surface area (Å²) < 4.78 is 0. The number of nitrogens with one attached hydrogen (secondary N) is 1. The molecule has 2 rings (SSSR count). The molecule has 1 saturated carbocycles. The third kappa shape index (κ3) is 3.81. The van der Waals surface area contributed by atoms with Crippen LogP contribution in [0.25, 0.3) is 0 Å². The van der Waals surface area contributed by atoms with Crippen LogP contribution >= 0.6 is 0 Å². The van der Waals surface area contributed by atoms with Crippen LogP contribution in [0.1, 0.15) is 48.9 Å². The lowest BCUT2D eigenvalue weighted by Crippen LogP contribution is -2.18. The van der Waals surface area contributed by atoms with Crippen molar-refractivity contribution >= 4 is 17.5 Å². The van der Waals surface area contributed by atoms with Gasteiger partial charge in [-0.05, 0) is 24.5 Å². The van der Waals surface area contributed by atoms with Crippen molar-refractivity contribution in [2.75, 3.05) is 5.32 Å². The van der Waals surface area contributed by atoms with Crippen molar-refractivity contribution in [1.29, 1.82) is 0 Å². The summed E-state index contributed by atoms with van der Waals surface area (Å²) in [5, 5.41) is 2.78. The van der Waals surface area contributed by atoms with Gasteiger partial charge in [0.25, 0.3) is 5.91 Å². The summed E-state index contributed by atoms with van der Waals surface area (Å²) in [6.45, 7) is 0. The number of primary amides is 1. The minimum atomic E-state index is -0.522. The lowest BCUT2D eigenvalue weighted by Gasteiger charge is -2.11. The molecule has 0 bridgehead atoms. The Morgan fingerprint density at radius 3 is 2.58 bits per heavy atom. The zero-order chi connectivity index (χ0) is 13.7. The van der Waals surface area contributed by atoms with E-state index < -0.39 is 5.91 Å². The molecule has 0 aromatic heterocycles. The smallest absolute Gasteiger partial charge is 0.250 e. The number of nitrogens with two attached hydrogens (primary N) is 1. The normalized spacial score (nSPS) is 15.4. The molecule has 0 heterocycles. The number of para-hydroxylation sites is 1. The highest BCUT2D eigenvalue weighted by Crippen LogP contribution is 2.28. The van der Waals surface area contributed by atoms with Gasteiger partial charge in [-0.3, -0.25) is 9.59 Å². The molecule has 0 radical (unpaired) electrons.